The number of amides is 1. The maximum absolute atomic E-state index is 12.2. The Bertz CT molecular complexity index is 954. The highest BCUT2D eigenvalue weighted by Crippen LogP contribution is 2.25. The summed E-state index contributed by atoms with van der Waals surface area (Å²) in [4.78, 5) is 12.2. The molecule has 5 nitrogen and oxygen atoms in total. The second-order valence-electron chi connectivity index (χ2n) is 5.12. The van der Waals surface area contributed by atoms with Gasteiger partial charge < -0.3 is 10.2 Å². The zero-order chi connectivity index (χ0) is 17.1. The predicted molar refractivity (Wildman–Crippen MR) is 93.8 cm³/mol. The van der Waals surface area contributed by atoms with E-state index in [0.29, 0.717) is 10.6 Å². The normalized spacial score (nSPS) is 11.0. The standard InChI is InChI=1S/C18H13ClN2O3/c19-14-5-6-16(22)13(7-14)10-20-21-18(24)15-8-11-3-1-2-4-12(11)9-17(15)23/h1-10,22-23H,(H,21,24). The summed E-state index contributed by atoms with van der Waals surface area (Å²) in [6, 6.07) is 15.0. The Hall–Kier alpha value is -3.05. The van der Waals surface area contributed by atoms with Crippen molar-refractivity contribution in [3.63, 3.8) is 0 Å². The lowest BCUT2D eigenvalue weighted by atomic mass is 10.1. The summed E-state index contributed by atoms with van der Waals surface area (Å²) in [5.41, 5.74) is 2.79. The maximum atomic E-state index is 12.2. The zero-order valence-electron chi connectivity index (χ0n) is 12.4. The van der Waals surface area contributed by atoms with Crippen LogP contribution in [0.4, 0.5) is 0 Å². The first-order valence-corrected chi connectivity index (χ1v) is 7.46. The van der Waals surface area contributed by atoms with Crippen molar-refractivity contribution in [2.24, 2.45) is 5.10 Å². The first-order chi connectivity index (χ1) is 11.5. The van der Waals surface area contributed by atoms with Gasteiger partial charge in [0.2, 0.25) is 0 Å². The van der Waals surface area contributed by atoms with E-state index >= 15 is 0 Å². The molecule has 0 radical (unpaired) electrons. The Labute approximate surface area is 142 Å². The Morgan fingerprint density at radius 3 is 2.46 bits per heavy atom. The van der Waals surface area contributed by atoms with Crippen LogP contribution < -0.4 is 5.43 Å². The van der Waals surface area contributed by atoms with E-state index in [4.69, 9.17) is 11.6 Å². The summed E-state index contributed by atoms with van der Waals surface area (Å²) in [5, 5.41) is 25.6. The fourth-order valence-electron chi connectivity index (χ4n) is 2.26. The number of hydrazone groups is 1. The molecule has 0 saturated carbocycles. The van der Waals surface area contributed by atoms with Crippen molar-refractivity contribution in [2.45, 2.75) is 0 Å². The molecule has 0 aliphatic rings. The van der Waals surface area contributed by atoms with Gasteiger partial charge in [0.1, 0.15) is 11.5 Å². The molecule has 24 heavy (non-hydrogen) atoms. The van der Waals surface area contributed by atoms with Crippen LogP contribution in [-0.2, 0) is 0 Å². The van der Waals surface area contributed by atoms with E-state index in [9.17, 15) is 15.0 Å². The van der Waals surface area contributed by atoms with Gasteiger partial charge in [-0.2, -0.15) is 5.10 Å². The molecule has 0 aromatic heterocycles. The van der Waals surface area contributed by atoms with Gasteiger partial charge in [0.05, 0.1) is 11.8 Å². The van der Waals surface area contributed by atoms with Crippen LogP contribution in [0.5, 0.6) is 11.5 Å². The number of aromatic hydroxyl groups is 2. The molecule has 0 bridgehead atoms. The summed E-state index contributed by atoms with van der Waals surface area (Å²) >= 11 is 5.84. The number of fused-ring (bicyclic) bond motifs is 1. The molecule has 0 heterocycles. The van der Waals surface area contributed by atoms with E-state index in [1.165, 1.54) is 24.4 Å². The second kappa shape index (κ2) is 6.60. The predicted octanol–water partition coefficient (Wildman–Crippen LogP) is 3.67. The van der Waals surface area contributed by atoms with Crippen molar-refractivity contribution in [1.82, 2.24) is 5.43 Å². The summed E-state index contributed by atoms with van der Waals surface area (Å²) in [6.07, 6.45) is 1.28. The molecule has 0 saturated heterocycles. The molecule has 3 aromatic carbocycles. The van der Waals surface area contributed by atoms with Gasteiger partial charge in [-0.15, -0.1) is 0 Å². The van der Waals surface area contributed by atoms with Gasteiger partial charge in [0.15, 0.2) is 0 Å². The molecule has 3 N–H and O–H groups in total. The smallest absolute Gasteiger partial charge is 0.275 e. The third kappa shape index (κ3) is 3.31. The lowest BCUT2D eigenvalue weighted by Gasteiger charge is -2.06. The number of hydrogen-bond acceptors (Lipinski definition) is 4. The first-order valence-electron chi connectivity index (χ1n) is 7.08. The summed E-state index contributed by atoms with van der Waals surface area (Å²) in [5.74, 6) is -0.700. The number of phenolic OH excluding ortho intramolecular Hbond substituents is 2. The lowest BCUT2D eigenvalue weighted by molar-refractivity contribution is 0.0952. The van der Waals surface area contributed by atoms with Gasteiger partial charge in [-0.05, 0) is 41.1 Å². The summed E-state index contributed by atoms with van der Waals surface area (Å²) in [7, 11) is 0. The van der Waals surface area contributed by atoms with E-state index in [1.54, 1.807) is 12.1 Å². The molecule has 3 rings (SSSR count). The zero-order valence-corrected chi connectivity index (χ0v) is 13.2. The van der Waals surface area contributed by atoms with E-state index in [1.807, 2.05) is 24.3 Å². The van der Waals surface area contributed by atoms with Gasteiger partial charge >= 0.3 is 0 Å². The maximum Gasteiger partial charge on any atom is 0.275 e. The number of nitrogens with one attached hydrogen (secondary N) is 1. The first kappa shape index (κ1) is 15.8. The van der Waals surface area contributed by atoms with Crippen LogP contribution >= 0.6 is 11.6 Å². The number of carbonyl (C=O) groups excluding carboxylic acids is 1. The van der Waals surface area contributed by atoms with Crippen LogP contribution in [0, 0.1) is 0 Å². The number of phenols is 2. The molecule has 0 unspecified atom stereocenters. The summed E-state index contributed by atoms with van der Waals surface area (Å²) in [6.45, 7) is 0. The van der Waals surface area contributed by atoms with Gasteiger partial charge in [-0.3, -0.25) is 4.79 Å². The molecular formula is C18H13ClN2O3. The molecule has 3 aromatic rings. The molecule has 0 fully saturated rings. The summed E-state index contributed by atoms with van der Waals surface area (Å²) < 4.78 is 0. The topological polar surface area (TPSA) is 81.9 Å². The molecule has 1 amide bonds. The largest absolute Gasteiger partial charge is 0.507 e. The average molecular weight is 341 g/mol. The third-order valence-corrected chi connectivity index (χ3v) is 3.70. The van der Waals surface area contributed by atoms with E-state index in [0.717, 1.165) is 10.8 Å². The second-order valence-corrected chi connectivity index (χ2v) is 5.56. The highest BCUT2D eigenvalue weighted by Gasteiger charge is 2.11. The van der Waals surface area contributed by atoms with Crippen LogP contribution in [0.2, 0.25) is 5.02 Å². The van der Waals surface area contributed by atoms with Gasteiger partial charge in [-0.25, -0.2) is 5.43 Å². The van der Waals surface area contributed by atoms with E-state index < -0.39 is 5.91 Å². The molecule has 0 aliphatic heterocycles. The quantitative estimate of drug-likeness (QED) is 0.502. The SMILES string of the molecule is O=C(NN=Cc1cc(Cl)ccc1O)c1cc2ccccc2cc1O. The molecule has 0 atom stereocenters. The van der Waals surface area contributed by atoms with Crippen molar-refractivity contribution < 1.29 is 15.0 Å². The third-order valence-electron chi connectivity index (χ3n) is 3.47. The van der Waals surface area contributed by atoms with Crippen LogP contribution in [-0.4, -0.2) is 22.3 Å². The fraction of sp³-hybridized carbons (Fsp3) is 0. The van der Waals surface area contributed by atoms with Crippen LogP contribution in [0.15, 0.2) is 59.7 Å². The number of nitrogens with zero attached hydrogens (tertiary/aromatic N) is 1. The molecular weight excluding hydrogens is 328 g/mol. The highest BCUT2D eigenvalue weighted by molar-refractivity contribution is 6.30. The number of benzene rings is 3. The van der Waals surface area contributed by atoms with E-state index in [-0.39, 0.29) is 17.1 Å². The number of carbonyl (C=O) groups is 1. The van der Waals surface area contributed by atoms with Gasteiger partial charge in [0.25, 0.3) is 5.91 Å². The Kier molecular flexibility index (Phi) is 4.35. The molecule has 0 aliphatic carbocycles. The van der Waals surface area contributed by atoms with Crippen molar-refractivity contribution in [2.75, 3.05) is 0 Å². The fourth-order valence-corrected chi connectivity index (χ4v) is 2.44. The minimum absolute atomic E-state index is 0.00838. The molecule has 120 valence electrons. The van der Waals surface area contributed by atoms with Crippen molar-refractivity contribution >= 4 is 34.5 Å². The lowest BCUT2D eigenvalue weighted by Crippen LogP contribution is -2.17. The van der Waals surface area contributed by atoms with Crippen LogP contribution in [0.1, 0.15) is 15.9 Å². The van der Waals surface area contributed by atoms with E-state index in [2.05, 4.69) is 10.5 Å². The van der Waals surface area contributed by atoms with Crippen molar-refractivity contribution in [3.05, 3.63) is 70.7 Å². The molecule has 6 heteroatoms. The highest BCUT2D eigenvalue weighted by atomic mass is 35.5. The monoisotopic (exact) mass is 340 g/mol. The van der Waals surface area contributed by atoms with Crippen LogP contribution in [0.3, 0.4) is 0 Å². The van der Waals surface area contributed by atoms with Crippen molar-refractivity contribution in [1.29, 1.82) is 0 Å². The van der Waals surface area contributed by atoms with Gasteiger partial charge in [0, 0.05) is 10.6 Å². The number of rotatable bonds is 3. The van der Waals surface area contributed by atoms with Crippen LogP contribution in [0.25, 0.3) is 10.8 Å². The Balaban J connectivity index is 1.81. The number of halogens is 1. The average Bonchev–Trinajstić information content (AvgIpc) is 2.57. The van der Waals surface area contributed by atoms with Gasteiger partial charge in [-0.1, -0.05) is 35.9 Å². The van der Waals surface area contributed by atoms with Crippen molar-refractivity contribution in [3.8, 4) is 11.5 Å². The Morgan fingerprint density at radius 1 is 1.00 bits per heavy atom. The molecule has 0 spiro atoms. The minimum atomic E-state index is -0.559. The number of hydrogen-bond donors (Lipinski definition) is 3. The minimum Gasteiger partial charge on any atom is -0.507 e. The Morgan fingerprint density at radius 2 is 1.71 bits per heavy atom.